The first-order chi connectivity index (χ1) is 14.9. The van der Waals surface area contributed by atoms with Crippen LogP contribution in [0.2, 0.25) is 0 Å². The van der Waals surface area contributed by atoms with Gasteiger partial charge in [0.25, 0.3) is 0 Å². The number of ether oxygens (including phenoxy) is 3. The molecule has 1 fully saturated rings. The summed E-state index contributed by atoms with van der Waals surface area (Å²) in [6, 6.07) is 4.41. The van der Waals surface area contributed by atoms with E-state index >= 15 is 0 Å². The lowest BCUT2D eigenvalue weighted by Crippen LogP contribution is -2.51. The highest BCUT2D eigenvalue weighted by Gasteiger charge is 2.39. The van der Waals surface area contributed by atoms with Crippen LogP contribution in [0.3, 0.4) is 0 Å². The Balaban J connectivity index is 2.10. The molecule has 0 unspecified atom stereocenters. The molecule has 1 aromatic carbocycles. The van der Waals surface area contributed by atoms with Crippen molar-refractivity contribution in [1.29, 1.82) is 0 Å². The Morgan fingerprint density at radius 3 is 2.45 bits per heavy atom. The van der Waals surface area contributed by atoms with Crippen molar-refractivity contribution in [1.82, 2.24) is 20.0 Å². The van der Waals surface area contributed by atoms with E-state index in [-0.39, 0.29) is 12.6 Å². The second kappa shape index (κ2) is 10.0. The number of benzene rings is 1. The third kappa shape index (κ3) is 4.77. The van der Waals surface area contributed by atoms with Gasteiger partial charge in [0.05, 0.1) is 32.4 Å². The first-order valence-corrected chi connectivity index (χ1v) is 10.5. The molecule has 0 aliphatic carbocycles. The normalized spacial score (nSPS) is 20.5. The fraction of sp³-hybridized carbons (Fsp3) is 0.545. The van der Waals surface area contributed by atoms with Gasteiger partial charge in [-0.3, -0.25) is 9.80 Å². The molecule has 0 radical (unpaired) electrons. The van der Waals surface area contributed by atoms with Gasteiger partial charge in [-0.15, -0.1) is 0 Å². The Bertz CT molecular complexity index is 848. The number of hydrogen-bond acceptors (Lipinski definition) is 7. The van der Waals surface area contributed by atoms with Crippen LogP contribution in [0.5, 0.6) is 11.5 Å². The number of esters is 1. The lowest BCUT2D eigenvalue weighted by atomic mass is 9.93. The number of piperazine rings is 1. The molecule has 2 heterocycles. The van der Waals surface area contributed by atoms with E-state index in [0.29, 0.717) is 34.9 Å². The number of methoxy groups -OCH3 is 2. The maximum Gasteiger partial charge on any atom is 0.338 e. The molecular formula is C22H32N4O5. The van der Waals surface area contributed by atoms with Crippen LogP contribution in [0.1, 0.15) is 18.5 Å². The minimum atomic E-state index is -0.713. The molecular weight excluding hydrogens is 400 g/mol. The molecule has 1 aromatic rings. The average Bonchev–Trinajstić information content (AvgIpc) is 2.77. The Hall–Kier alpha value is -2.78. The monoisotopic (exact) mass is 432 g/mol. The van der Waals surface area contributed by atoms with E-state index in [0.717, 1.165) is 26.2 Å². The maximum absolute atomic E-state index is 13.1. The Morgan fingerprint density at radius 1 is 1.13 bits per heavy atom. The summed E-state index contributed by atoms with van der Waals surface area (Å²) in [7, 11) is 6.86. The van der Waals surface area contributed by atoms with Gasteiger partial charge in [0.2, 0.25) is 0 Å². The van der Waals surface area contributed by atoms with Gasteiger partial charge in [0.15, 0.2) is 11.5 Å². The molecule has 1 N–H and O–H groups in total. The van der Waals surface area contributed by atoms with Gasteiger partial charge in [-0.25, -0.2) is 9.59 Å². The third-order valence-electron chi connectivity index (χ3n) is 5.79. The van der Waals surface area contributed by atoms with Crippen LogP contribution in [0, 0.1) is 0 Å². The molecule has 0 saturated carbocycles. The number of amides is 2. The molecule has 1 saturated heterocycles. The van der Waals surface area contributed by atoms with Crippen molar-refractivity contribution in [2.45, 2.75) is 13.0 Å². The minimum absolute atomic E-state index is 0.240. The molecule has 0 bridgehead atoms. The fourth-order valence-electron chi connectivity index (χ4n) is 3.99. The predicted molar refractivity (Wildman–Crippen MR) is 116 cm³/mol. The Morgan fingerprint density at radius 2 is 1.84 bits per heavy atom. The molecule has 3 rings (SSSR count). The molecule has 0 aromatic heterocycles. The van der Waals surface area contributed by atoms with Gasteiger partial charge in [0, 0.05) is 51.0 Å². The predicted octanol–water partition coefficient (Wildman–Crippen LogP) is 1.46. The number of urea groups is 1. The SMILES string of the molecule is CCOC(=O)C1=C(CN2CCN(C)CC2)N(C)C(=O)N[C@H]1c1cccc(OC)c1OC. The van der Waals surface area contributed by atoms with Crippen molar-refractivity contribution in [2.75, 3.05) is 67.6 Å². The summed E-state index contributed by atoms with van der Waals surface area (Å²) in [6.45, 7) is 6.08. The molecule has 0 spiro atoms. The number of rotatable bonds is 7. The number of likely N-dealkylation sites (N-methyl/N-ethyl adjacent to an activating group) is 2. The Labute approximate surface area is 183 Å². The lowest BCUT2D eigenvalue weighted by molar-refractivity contribution is -0.139. The summed E-state index contributed by atoms with van der Waals surface area (Å²) < 4.78 is 16.4. The highest BCUT2D eigenvalue weighted by molar-refractivity contribution is 5.95. The van der Waals surface area contributed by atoms with Crippen LogP contribution in [0.4, 0.5) is 4.79 Å². The van der Waals surface area contributed by atoms with E-state index in [1.165, 1.54) is 12.0 Å². The summed E-state index contributed by atoms with van der Waals surface area (Å²) in [6.07, 6.45) is 0. The number of carbonyl (C=O) groups excluding carboxylic acids is 2. The zero-order valence-corrected chi connectivity index (χ0v) is 18.9. The van der Waals surface area contributed by atoms with Crippen molar-refractivity contribution < 1.29 is 23.8 Å². The van der Waals surface area contributed by atoms with E-state index in [2.05, 4.69) is 22.2 Å². The summed E-state index contributed by atoms with van der Waals surface area (Å²) in [5, 5.41) is 2.94. The molecule has 9 nitrogen and oxygen atoms in total. The topological polar surface area (TPSA) is 83.6 Å². The van der Waals surface area contributed by atoms with Crippen LogP contribution in [0.15, 0.2) is 29.5 Å². The van der Waals surface area contributed by atoms with Crippen LogP contribution in [0.25, 0.3) is 0 Å². The summed E-state index contributed by atoms with van der Waals surface area (Å²) in [4.78, 5) is 32.1. The van der Waals surface area contributed by atoms with Crippen molar-refractivity contribution in [3.63, 3.8) is 0 Å². The van der Waals surface area contributed by atoms with Crippen LogP contribution < -0.4 is 14.8 Å². The highest BCUT2D eigenvalue weighted by Crippen LogP contribution is 2.40. The van der Waals surface area contributed by atoms with E-state index in [9.17, 15) is 9.59 Å². The zero-order valence-electron chi connectivity index (χ0n) is 18.9. The second-order valence-corrected chi connectivity index (χ2v) is 7.68. The summed E-state index contributed by atoms with van der Waals surface area (Å²) >= 11 is 0. The highest BCUT2D eigenvalue weighted by atomic mass is 16.5. The number of carbonyl (C=O) groups is 2. The molecule has 9 heteroatoms. The quantitative estimate of drug-likeness (QED) is 0.653. The average molecular weight is 433 g/mol. The van der Waals surface area contributed by atoms with Gasteiger partial charge in [0.1, 0.15) is 0 Å². The van der Waals surface area contributed by atoms with Gasteiger partial charge < -0.3 is 24.4 Å². The number of nitrogens with one attached hydrogen (secondary N) is 1. The van der Waals surface area contributed by atoms with Crippen molar-refractivity contribution in [2.24, 2.45) is 0 Å². The van der Waals surface area contributed by atoms with Gasteiger partial charge in [-0.2, -0.15) is 0 Å². The van der Waals surface area contributed by atoms with Gasteiger partial charge in [-0.05, 0) is 20.0 Å². The molecule has 31 heavy (non-hydrogen) atoms. The van der Waals surface area contributed by atoms with Gasteiger partial charge in [-0.1, -0.05) is 12.1 Å². The molecule has 2 amide bonds. The van der Waals surface area contributed by atoms with Crippen LogP contribution in [-0.2, 0) is 9.53 Å². The number of hydrogen-bond donors (Lipinski definition) is 1. The first kappa shape index (κ1) is 22.9. The van der Waals surface area contributed by atoms with E-state index in [1.807, 2.05) is 12.1 Å². The standard InChI is InChI=1S/C22H32N4O5/c1-6-31-21(27)18-16(14-26-12-10-24(2)11-13-26)25(3)22(28)23-19(18)15-8-7-9-17(29-4)20(15)30-5/h7-9,19H,6,10-14H2,1-5H3,(H,23,28)/t19-/m0/s1. The van der Waals surface area contributed by atoms with E-state index in [4.69, 9.17) is 14.2 Å². The maximum atomic E-state index is 13.1. The van der Waals surface area contributed by atoms with Crippen LogP contribution in [-0.4, -0.2) is 94.3 Å². The molecule has 1 atom stereocenters. The molecule has 2 aliphatic heterocycles. The van der Waals surface area contributed by atoms with Gasteiger partial charge >= 0.3 is 12.0 Å². The van der Waals surface area contributed by atoms with Crippen molar-refractivity contribution in [3.8, 4) is 11.5 Å². The van der Waals surface area contributed by atoms with Crippen molar-refractivity contribution >= 4 is 12.0 Å². The smallest absolute Gasteiger partial charge is 0.338 e. The molecule has 170 valence electrons. The Kier molecular flexibility index (Phi) is 7.40. The van der Waals surface area contributed by atoms with E-state index < -0.39 is 12.0 Å². The largest absolute Gasteiger partial charge is 0.493 e. The zero-order chi connectivity index (χ0) is 22.5. The summed E-state index contributed by atoms with van der Waals surface area (Å²) in [5.74, 6) is 0.547. The third-order valence-corrected chi connectivity index (χ3v) is 5.79. The van der Waals surface area contributed by atoms with Crippen LogP contribution >= 0.6 is 0 Å². The fourth-order valence-corrected chi connectivity index (χ4v) is 3.99. The number of nitrogens with zero attached hydrogens (tertiary/aromatic N) is 3. The first-order valence-electron chi connectivity index (χ1n) is 10.5. The molecule has 2 aliphatic rings. The van der Waals surface area contributed by atoms with Crippen molar-refractivity contribution in [3.05, 3.63) is 35.0 Å². The lowest BCUT2D eigenvalue weighted by Gasteiger charge is -2.39. The van der Waals surface area contributed by atoms with E-state index in [1.54, 1.807) is 27.1 Å². The minimum Gasteiger partial charge on any atom is -0.493 e. The second-order valence-electron chi connectivity index (χ2n) is 7.68. The summed E-state index contributed by atoms with van der Waals surface area (Å²) in [5.41, 5.74) is 1.69. The number of para-hydroxylation sites is 1.